The summed E-state index contributed by atoms with van der Waals surface area (Å²) in [6.07, 6.45) is 0.984. The Hall–Kier alpha value is -1.39. The SMILES string of the molecule is CC(C)OCCN(C)C(=O)c1cccc(CCN)c1. The van der Waals surface area contributed by atoms with Crippen molar-refractivity contribution in [1.29, 1.82) is 0 Å². The second-order valence-electron chi connectivity index (χ2n) is 4.89. The Morgan fingerprint density at radius 1 is 1.42 bits per heavy atom. The van der Waals surface area contributed by atoms with Crippen LogP contribution < -0.4 is 5.73 Å². The van der Waals surface area contributed by atoms with Crippen LogP contribution in [0.3, 0.4) is 0 Å². The number of likely N-dealkylation sites (N-methyl/N-ethyl adjacent to an activating group) is 1. The fourth-order valence-electron chi connectivity index (χ4n) is 1.77. The average molecular weight is 264 g/mol. The van der Waals surface area contributed by atoms with Gasteiger partial charge in [-0.05, 0) is 44.5 Å². The molecule has 0 atom stereocenters. The van der Waals surface area contributed by atoms with E-state index < -0.39 is 0 Å². The van der Waals surface area contributed by atoms with Gasteiger partial charge in [0, 0.05) is 19.2 Å². The van der Waals surface area contributed by atoms with E-state index in [0.717, 1.165) is 12.0 Å². The third-order valence-corrected chi connectivity index (χ3v) is 2.83. The van der Waals surface area contributed by atoms with E-state index in [4.69, 9.17) is 10.5 Å². The minimum atomic E-state index is 0.0197. The number of rotatable bonds is 7. The zero-order valence-corrected chi connectivity index (χ0v) is 12.1. The molecule has 0 spiro atoms. The van der Waals surface area contributed by atoms with Crippen molar-refractivity contribution in [3.63, 3.8) is 0 Å². The van der Waals surface area contributed by atoms with Crippen LogP contribution in [0.1, 0.15) is 29.8 Å². The molecule has 0 heterocycles. The second kappa shape index (κ2) is 7.92. The van der Waals surface area contributed by atoms with Gasteiger partial charge in [0.25, 0.3) is 5.91 Å². The summed E-state index contributed by atoms with van der Waals surface area (Å²) in [5.41, 5.74) is 7.33. The van der Waals surface area contributed by atoms with Crippen molar-refractivity contribution in [2.24, 2.45) is 5.73 Å². The van der Waals surface area contributed by atoms with Crippen LogP contribution in [0.2, 0.25) is 0 Å². The molecule has 106 valence electrons. The van der Waals surface area contributed by atoms with Gasteiger partial charge >= 0.3 is 0 Å². The summed E-state index contributed by atoms with van der Waals surface area (Å²) in [4.78, 5) is 13.9. The van der Waals surface area contributed by atoms with Crippen molar-refractivity contribution in [3.05, 3.63) is 35.4 Å². The molecule has 2 N–H and O–H groups in total. The first-order chi connectivity index (χ1) is 9.04. The monoisotopic (exact) mass is 264 g/mol. The van der Waals surface area contributed by atoms with E-state index in [2.05, 4.69) is 0 Å². The Morgan fingerprint density at radius 2 is 2.16 bits per heavy atom. The fourth-order valence-corrected chi connectivity index (χ4v) is 1.77. The highest BCUT2D eigenvalue weighted by Crippen LogP contribution is 2.08. The third-order valence-electron chi connectivity index (χ3n) is 2.83. The lowest BCUT2D eigenvalue weighted by Crippen LogP contribution is -2.30. The summed E-state index contributed by atoms with van der Waals surface area (Å²) in [7, 11) is 1.79. The first-order valence-electron chi connectivity index (χ1n) is 6.70. The molecule has 0 saturated heterocycles. The molecular weight excluding hydrogens is 240 g/mol. The highest BCUT2D eigenvalue weighted by atomic mass is 16.5. The van der Waals surface area contributed by atoms with Crippen LogP contribution in [0.4, 0.5) is 0 Å². The van der Waals surface area contributed by atoms with Gasteiger partial charge < -0.3 is 15.4 Å². The van der Waals surface area contributed by atoms with Crippen molar-refractivity contribution in [2.75, 3.05) is 26.7 Å². The molecular formula is C15H24N2O2. The molecule has 4 nitrogen and oxygen atoms in total. The largest absolute Gasteiger partial charge is 0.377 e. The summed E-state index contributed by atoms with van der Waals surface area (Å²) < 4.78 is 5.45. The maximum Gasteiger partial charge on any atom is 0.253 e. The minimum absolute atomic E-state index is 0.0197. The van der Waals surface area contributed by atoms with Crippen molar-refractivity contribution >= 4 is 5.91 Å². The maximum absolute atomic E-state index is 12.2. The molecule has 0 aliphatic rings. The van der Waals surface area contributed by atoms with E-state index in [9.17, 15) is 4.79 Å². The molecule has 0 fully saturated rings. The lowest BCUT2D eigenvalue weighted by molar-refractivity contribution is 0.0532. The van der Waals surface area contributed by atoms with Gasteiger partial charge in [-0.3, -0.25) is 4.79 Å². The smallest absolute Gasteiger partial charge is 0.253 e. The number of ether oxygens (including phenoxy) is 1. The van der Waals surface area contributed by atoms with Gasteiger partial charge in [0.1, 0.15) is 0 Å². The van der Waals surface area contributed by atoms with Crippen LogP contribution in [-0.4, -0.2) is 43.7 Å². The van der Waals surface area contributed by atoms with Crippen LogP contribution in [-0.2, 0) is 11.2 Å². The van der Waals surface area contributed by atoms with Crippen molar-refractivity contribution in [2.45, 2.75) is 26.4 Å². The highest BCUT2D eigenvalue weighted by Gasteiger charge is 2.11. The first-order valence-corrected chi connectivity index (χ1v) is 6.70. The molecule has 0 aliphatic carbocycles. The predicted molar refractivity (Wildman–Crippen MR) is 77.2 cm³/mol. The summed E-state index contributed by atoms with van der Waals surface area (Å²) in [5, 5.41) is 0. The lowest BCUT2D eigenvalue weighted by atomic mass is 10.1. The van der Waals surface area contributed by atoms with E-state index in [0.29, 0.717) is 25.3 Å². The Balaban J connectivity index is 2.58. The van der Waals surface area contributed by atoms with Gasteiger partial charge in [-0.15, -0.1) is 0 Å². The molecule has 1 aromatic carbocycles. The third kappa shape index (κ3) is 5.41. The number of hydrogen-bond acceptors (Lipinski definition) is 3. The van der Waals surface area contributed by atoms with Crippen molar-refractivity contribution in [3.8, 4) is 0 Å². The number of amides is 1. The van der Waals surface area contributed by atoms with Gasteiger partial charge in [0.05, 0.1) is 12.7 Å². The second-order valence-corrected chi connectivity index (χ2v) is 4.89. The number of benzene rings is 1. The van der Waals surface area contributed by atoms with Gasteiger partial charge in [0.2, 0.25) is 0 Å². The molecule has 0 unspecified atom stereocenters. The zero-order valence-electron chi connectivity index (χ0n) is 12.1. The quantitative estimate of drug-likeness (QED) is 0.815. The van der Waals surface area contributed by atoms with Crippen LogP contribution >= 0.6 is 0 Å². The molecule has 1 aromatic rings. The topological polar surface area (TPSA) is 55.6 Å². The van der Waals surface area contributed by atoms with Crippen molar-refractivity contribution in [1.82, 2.24) is 4.90 Å². The summed E-state index contributed by atoms with van der Waals surface area (Å²) in [6.45, 7) is 5.71. The molecule has 0 saturated carbocycles. The summed E-state index contributed by atoms with van der Waals surface area (Å²) >= 11 is 0. The number of carbonyl (C=O) groups is 1. The average Bonchev–Trinajstić information content (AvgIpc) is 2.38. The predicted octanol–water partition coefficient (Wildman–Crippen LogP) is 1.68. The Morgan fingerprint density at radius 3 is 2.79 bits per heavy atom. The Labute approximate surface area is 115 Å². The first kappa shape index (κ1) is 15.7. The van der Waals surface area contributed by atoms with Crippen LogP contribution in [0, 0.1) is 0 Å². The maximum atomic E-state index is 12.2. The summed E-state index contributed by atoms with van der Waals surface area (Å²) in [5.74, 6) is 0.0197. The van der Waals surface area contributed by atoms with E-state index in [1.807, 2.05) is 38.1 Å². The van der Waals surface area contributed by atoms with Crippen LogP contribution in [0.15, 0.2) is 24.3 Å². The zero-order chi connectivity index (χ0) is 14.3. The van der Waals surface area contributed by atoms with Gasteiger partial charge in [-0.25, -0.2) is 0 Å². The number of carbonyl (C=O) groups excluding carboxylic acids is 1. The Kier molecular flexibility index (Phi) is 6.53. The highest BCUT2D eigenvalue weighted by molar-refractivity contribution is 5.94. The normalized spacial score (nSPS) is 10.8. The molecule has 1 rings (SSSR count). The molecule has 0 aromatic heterocycles. The van der Waals surface area contributed by atoms with E-state index in [-0.39, 0.29) is 12.0 Å². The number of nitrogens with zero attached hydrogens (tertiary/aromatic N) is 1. The molecule has 1 amide bonds. The molecule has 0 bridgehead atoms. The number of nitrogens with two attached hydrogens (primary N) is 1. The lowest BCUT2D eigenvalue weighted by Gasteiger charge is -2.18. The van der Waals surface area contributed by atoms with E-state index in [1.165, 1.54) is 0 Å². The number of hydrogen-bond donors (Lipinski definition) is 1. The van der Waals surface area contributed by atoms with E-state index >= 15 is 0 Å². The van der Waals surface area contributed by atoms with Gasteiger partial charge in [-0.1, -0.05) is 12.1 Å². The van der Waals surface area contributed by atoms with Crippen LogP contribution in [0.5, 0.6) is 0 Å². The fraction of sp³-hybridized carbons (Fsp3) is 0.533. The standard InChI is InChI=1S/C15H24N2O2/c1-12(2)19-10-9-17(3)15(18)14-6-4-5-13(11-14)7-8-16/h4-6,11-12H,7-10,16H2,1-3H3. The van der Waals surface area contributed by atoms with Crippen LogP contribution in [0.25, 0.3) is 0 Å². The van der Waals surface area contributed by atoms with Gasteiger partial charge in [-0.2, -0.15) is 0 Å². The van der Waals surface area contributed by atoms with E-state index in [1.54, 1.807) is 11.9 Å². The molecule has 19 heavy (non-hydrogen) atoms. The van der Waals surface area contributed by atoms with Crippen molar-refractivity contribution < 1.29 is 9.53 Å². The molecule has 0 aliphatic heterocycles. The van der Waals surface area contributed by atoms with Gasteiger partial charge in [0.15, 0.2) is 0 Å². The molecule has 0 radical (unpaired) electrons. The summed E-state index contributed by atoms with van der Waals surface area (Å²) in [6, 6.07) is 7.64. The molecule has 4 heteroatoms. The minimum Gasteiger partial charge on any atom is -0.377 e. The Bertz CT molecular complexity index is 405.